The van der Waals surface area contributed by atoms with E-state index < -0.39 is 97.5 Å². The number of phosphoric acid groups is 2. The zero-order valence-corrected chi connectivity index (χ0v) is 64.5. The van der Waals surface area contributed by atoms with Crippen LogP contribution in [0.1, 0.15) is 401 Å². The van der Waals surface area contributed by atoms with E-state index in [-0.39, 0.29) is 25.7 Å². The highest BCUT2D eigenvalue weighted by molar-refractivity contribution is 7.47. The molecule has 3 N–H and O–H groups in total. The molecule has 17 nitrogen and oxygen atoms in total. The molecule has 0 fully saturated rings. The molecule has 2 unspecified atom stereocenters. The Kier molecular flexibility index (Phi) is 67.4. The van der Waals surface area contributed by atoms with Crippen LogP contribution in [0.15, 0.2) is 0 Å². The molecule has 0 saturated heterocycles. The topological polar surface area (TPSA) is 237 Å². The van der Waals surface area contributed by atoms with E-state index in [0.29, 0.717) is 25.7 Å². The second-order valence-corrected chi connectivity index (χ2v) is 31.6. The molecular formula is C77H150O17P2. The summed E-state index contributed by atoms with van der Waals surface area (Å²) < 4.78 is 68.6. The maximum Gasteiger partial charge on any atom is 0.472 e. The number of phosphoric ester groups is 2. The highest BCUT2D eigenvalue weighted by Crippen LogP contribution is 2.45. The molecule has 0 spiro atoms. The van der Waals surface area contributed by atoms with E-state index in [0.717, 1.165) is 102 Å². The molecule has 19 heteroatoms. The van der Waals surface area contributed by atoms with E-state index in [1.54, 1.807) is 0 Å². The highest BCUT2D eigenvalue weighted by atomic mass is 31.2. The number of esters is 4. The third kappa shape index (κ3) is 70.5. The number of hydrogen-bond donors (Lipinski definition) is 3. The van der Waals surface area contributed by atoms with Crippen LogP contribution in [0.3, 0.4) is 0 Å². The molecule has 0 radical (unpaired) electrons. The first-order chi connectivity index (χ1) is 46.4. The van der Waals surface area contributed by atoms with Gasteiger partial charge in [0.2, 0.25) is 0 Å². The van der Waals surface area contributed by atoms with Crippen molar-refractivity contribution in [3.8, 4) is 0 Å². The lowest BCUT2D eigenvalue weighted by atomic mass is 10.0. The molecule has 0 heterocycles. The van der Waals surface area contributed by atoms with E-state index in [9.17, 15) is 43.2 Å². The summed E-state index contributed by atoms with van der Waals surface area (Å²) in [6, 6.07) is 0. The summed E-state index contributed by atoms with van der Waals surface area (Å²) in [7, 11) is -9.91. The van der Waals surface area contributed by atoms with Gasteiger partial charge in [0.1, 0.15) is 19.3 Å². The average molecular weight is 1410 g/mol. The maximum atomic E-state index is 13.1. The first-order valence-electron chi connectivity index (χ1n) is 40.0. The zero-order valence-electron chi connectivity index (χ0n) is 62.7. The van der Waals surface area contributed by atoms with Crippen molar-refractivity contribution in [2.24, 2.45) is 11.8 Å². The predicted molar refractivity (Wildman–Crippen MR) is 391 cm³/mol. The summed E-state index contributed by atoms with van der Waals surface area (Å²) in [5.74, 6) is -0.635. The Bertz CT molecular complexity index is 1860. The van der Waals surface area contributed by atoms with E-state index in [2.05, 4.69) is 41.5 Å². The second kappa shape index (κ2) is 68.8. The summed E-state index contributed by atoms with van der Waals surface area (Å²) in [5.41, 5.74) is 0. The molecule has 0 aliphatic carbocycles. The fraction of sp³-hybridized carbons (Fsp3) is 0.948. The lowest BCUT2D eigenvalue weighted by molar-refractivity contribution is -0.161. The molecule has 0 bridgehead atoms. The van der Waals surface area contributed by atoms with Crippen LogP contribution in [0.25, 0.3) is 0 Å². The van der Waals surface area contributed by atoms with Gasteiger partial charge in [0.05, 0.1) is 26.4 Å². The first-order valence-corrected chi connectivity index (χ1v) is 43.0. The molecule has 5 atom stereocenters. The van der Waals surface area contributed by atoms with Crippen molar-refractivity contribution < 1.29 is 80.2 Å². The molecule has 0 rings (SSSR count). The van der Waals surface area contributed by atoms with Gasteiger partial charge in [0, 0.05) is 25.7 Å². The summed E-state index contributed by atoms with van der Waals surface area (Å²) in [6.45, 7) is 9.57. The van der Waals surface area contributed by atoms with Gasteiger partial charge >= 0.3 is 39.5 Å². The van der Waals surface area contributed by atoms with Gasteiger partial charge in [-0.2, -0.15) is 0 Å². The Morgan fingerprint density at radius 2 is 0.479 bits per heavy atom. The van der Waals surface area contributed by atoms with Crippen LogP contribution in [0.4, 0.5) is 0 Å². The Morgan fingerprint density at radius 3 is 0.708 bits per heavy atom. The van der Waals surface area contributed by atoms with E-state index >= 15 is 0 Å². The number of unbranched alkanes of at least 4 members (excludes halogenated alkanes) is 46. The van der Waals surface area contributed by atoms with Gasteiger partial charge in [-0.15, -0.1) is 0 Å². The summed E-state index contributed by atoms with van der Waals surface area (Å²) in [5, 5.41) is 10.6. The minimum Gasteiger partial charge on any atom is -0.462 e. The average Bonchev–Trinajstić information content (AvgIpc) is 1.26. The third-order valence-electron chi connectivity index (χ3n) is 18.0. The standard InChI is InChI=1S/C77H150O17P2/c1-7-9-11-13-15-17-19-21-23-24-26-28-30-35-43-49-55-61-76(81)93-72(65-87-74(79)59-53-47-41-34-29-27-25-22-20-18-16-14-12-10-8-2)67-91-95(83,84)89-63-71(78)64-90-96(85,86)92-68-73(66-88-75(80)60-54-48-42-38-37-40-46-52-58-70(5)6)94-77(82)62-56-50-44-36-32-31-33-39-45-51-57-69(3)4/h69-73,78H,7-68H2,1-6H3,(H,83,84)(H,85,86)/t71-,72-,73-/m1/s1. The largest absolute Gasteiger partial charge is 0.472 e. The Morgan fingerprint density at radius 1 is 0.281 bits per heavy atom. The maximum absolute atomic E-state index is 13.1. The van der Waals surface area contributed by atoms with E-state index in [4.69, 9.17) is 37.0 Å². The number of carbonyl (C=O) groups is 4. The quantitative estimate of drug-likeness (QED) is 0.0222. The van der Waals surface area contributed by atoms with E-state index in [1.165, 1.54) is 218 Å². The van der Waals surface area contributed by atoms with Gasteiger partial charge in [-0.3, -0.25) is 37.3 Å². The van der Waals surface area contributed by atoms with Crippen LogP contribution >= 0.6 is 15.6 Å². The number of aliphatic hydroxyl groups excluding tert-OH is 1. The van der Waals surface area contributed by atoms with Crippen LogP contribution in [0.2, 0.25) is 0 Å². The number of ether oxygens (including phenoxy) is 4. The van der Waals surface area contributed by atoms with Gasteiger partial charge in [-0.05, 0) is 37.5 Å². The molecule has 0 aliphatic heterocycles. The molecule has 0 aromatic carbocycles. The highest BCUT2D eigenvalue weighted by Gasteiger charge is 2.30. The lowest BCUT2D eigenvalue weighted by Gasteiger charge is -2.21. The molecule has 0 aromatic heterocycles. The summed E-state index contributed by atoms with van der Waals surface area (Å²) in [4.78, 5) is 72.9. The van der Waals surface area contributed by atoms with Gasteiger partial charge in [-0.1, -0.05) is 350 Å². The van der Waals surface area contributed by atoms with E-state index in [1.807, 2.05) is 0 Å². The smallest absolute Gasteiger partial charge is 0.462 e. The lowest BCUT2D eigenvalue weighted by Crippen LogP contribution is -2.30. The Labute approximate surface area is 588 Å². The van der Waals surface area contributed by atoms with Gasteiger partial charge in [-0.25, -0.2) is 9.13 Å². The van der Waals surface area contributed by atoms with Gasteiger partial charge < -0.3 is 33.8 Å². The summed E-state index contributed by atoms with van der Waals surface area (Å²) >= 11 is 0. The van der Waals surface area contributed by atoms with Gasteiger partial charge in [0.15, 0.2) is 12.2 Å². The minimum absolute atomic E-state index is 0.106. The minimum atomic E-state index is -4.96. The monoisotopic (exact) mass is 1410 g/mol. The number of aliphatic hydroxyl groups is 1. The van der Waals surface area contributed by atoms with Crippen LogP contribution in [-0.2, 0) is 65.4 Å². The van der Waals surface area contributed by atoms with Crippen LogP contribution in [0, 0.1) is 11.8 Å². The van der Waals surface area contributed by atoms with Crippen molar-refractivity contribution in [3.63, 3.8) is 0 Å². The van der Waals surface area contributed by atoms with Crippen molar-refractivity contribution in [3.05, 3.63) is 0 Å². The molecule has 96 heavy (non-hydrogen) atoms. The molecule has 0 amide bonds. The van der Waals surface area contributed by atoms with Crippen LogP contribution < -0.4 is 0 Å². The van der Waals surface area contributed by atoms with Crippen molar-refractivity contribution in [2.45, 2.75) is 419 Å². The zero-order chi connectivity index (χ0) is 70.7. The van der Waals surface area contributed by atoms with Crippen LogP contribution in [-0.4, -0.2) is 96.7 Å². The summed E-state index contributed by atoms with van der Waals surface area (Å²) in [6.07, 6.45) is 56.8. The molecule has 0 aliphatic rings. The molecular weight excluding hydrogens is 1260 g/mol. The number of rotatable bonds is 76. The predicted octanol–water partition coefficient (Wildman–Crippen LogP) is 22.7. The number of carbonyl (C=O) groups excluding carboxylic acids is 4. The fourth-order valence-electron chi connectivity index (χ4n) is 11.8. The van der Waals surface area contributed by atoms with Crippen molar-refractivity contribution in [1.29, 1.82) is 0 Å². The molecule has 0 saturated carbocycles. The van der Waals surface area contributed by atoms with Crippen molar-refractivity contribution in [1.82, 2.24) is 0 Å². The normalized spacial score (nSPS) is 14.0. The van der Waals surface area contributed by atoms with Crippen molar-refractivity contribution in [2.75, 3.05) is 39.6 Å². The SMILES string of the molecule is CCCCCCCCCCCCCCCCCCCC(=O)O[C@H](COC(=O)CCCCCCCCCCCCCCCCC)COP(=O)(O)OC[C@@H](O)COP(=O)(O)OC[C@@H](COC(=O)CCCCCCCCCCC(C)C)OC(=O)CCCCCCCCCCCCC(C)C. The van der Waals surface area contributed by atoms with Crippen LogP contribution in [0.5, 0.6) is 0 Å². The molecule has 0 aromatic rings. The van der Waals surface area contributed by atoms with Crippen molar-refractivity contribution >= 4 is 39.5 Å². The fourth-order valence-corrected chi connectivity index (χ4v) is 13.4. The Hall–Kier alpha value is -1.94. The Balaban J connectivity index is 5.26. The first kappa shape index (κ1) is 94.1. The number of hydrogen-bond acceptors (Lipinski definition) is 15. The third-order valence-corrected chi connectivity index (χ3v) is 19.9. The molecule has 570 valence electrons. The second-order valence-electron chi connectivity index (χ2n) is 28.7. The van der Waals surface area contributed by atoms with Gasteiger partial charge in [0.25, 0.3) is 0 Å².